The van der Waals surface area contributed by atoms with Crippen LogP contribution in [0, 0.1) is 5.82 Å². The Morgan fingerprint density at radius 2 is 1.80 bits per heavy atom. The molecule has 0 saturated carbocycles. The Balaban J connectivity index is 1.60. The van der Waals surface area contributed by atoms with Crippen LogP contribution >= 0.6 is 0 Å². The Bertz CT molecular complexity index is 1090. The van der Waals surface area contributed by atoms with E-state index in [0.717, 1.165) is 46.7 Å². The number of fused-ring (bicyclic) bond motifs is 3. The molecule has 5 rings (SSSR count). The number of likely N-dealkylation sites (tertiary alicyclic amines) is 1. The first-order valence-electron chi connectivity index (χ1n) is 10.6. The van der Waals surface area contributed by atoms with Gasteiger partial charge in [0.2, 0.25) is 0 Å². The number of carbonyl (C=O) groups excluding carboxylic acids is 1. The van der Waals surface area contributed by atoms with Crippen molar-refractivity contribution in [3.8, 4) is 0 Å². The van der Waals surface area contributed by atoms with Crippen LogP contribution in [-0.4, -0.2) is 50.3 Å². The normalized spacial score (nSPS) is 17.5. The molecule has 6 nitrogen and oxygen atoms in total. The maximum atomic E-state index is 13.3. The standard InChI is InChI=1S/C23H25FN4O2/c24-18-6-4-16(5-7-18)13-27-15-17(14-26-9-2-1-3-10-26)21-19-8-11-28(30)23(29)22(19)25-12-20(21)27/h4-7,12,15,30H,1-3,8-11,13-14H2. The first-order chi connectivity index (χ1) is 14.6. The molecule has 0 spiro atoms. The number of pyridine rings is 1. The second-order valence-corrected chi connectivity index (χ2v) is 8.27. The fourth-order valence-corrected chi connectivity index (χ4v) is 4.70. The van der Waals surface area contributed by atoms with E-state index in [2.05, 4.69) is 20.6 Å². The van der Waals surface area contributed by atoms with E-state index in [1.165, 1.54) is 37.0 Å². The second kappa shape index (κ2) is 7.81. The lowest BCUT2D eigenvalue weighted by molar-refractivity contribution is -0.0606. The van der Waals surface area contributed by atoms with E-state index in [-0.39, 0.29) is 12.4 Å². The third-order valence-electron chi connectivity index (χ3n) is 6.22. The third-order valence-corrected chi connectivity index (χ3v) is 6.22. The summed E-state index contributed by atoms with van der Waals surface area (Å²) in [5.74, 6) is -0.682. The Morgan fingerprint density at radius 3 is 2.57 bits per heavy atom. The first kappa shape index (κ1) is 19.2. The molecule has 1 saturated heterocycles. The summed E-state index contributed by atoms with van der Waals surface area (Å²) in [5.41, 5.74) is 4.44. The number of hydrogen-bond acceptors (Lipinski definition) is 4. The van der Waals surface area contributed by atoms with Crippen LogP contribution in [0.1, 0.15) is 46.4 Å². The van der Waals surface area contributed by atoms with E-state index in [9.17, 15) is 14.4 Å². The van der Waals surface area contributed by atoms with Gasteiger partial charge in [-0.3, -0.25) is 14.9 Å². The summed E-state index contributed by atoms with van der Waals surface area (Å²) in [6.45, 7) is 3.89. The molecule has 1 fully saturated rings. The summed E-state index contributed by atoms with van der Waals surface area (Å²) in [6, 6.07) is 6.55. The van der Waals surface area contributed by atoms with Crippen molar-refractivity contribution in [2.75, 3.05) is 19.6 Å². The molecule has 0 unspecified atom stereocenters. The minimum absolute atomic E-state index is 0.246. The van der Waals surface area contributed by atoms with E-state index in [1.54, 1.807) is 18.3 Å². The molecule has 2 aromatic heterocycles. The molecule has 156 valence electrons. The maximum absolute atomic E-state index is 13.3. The molecule has 4 heterocycles. The van der Waals surface area contributed by atoms with Crippen LogP contribution in [0.4, 0.5) is 4.39 Å². The molecule has 1 aromatic carbocycles. The van der Waals surface area contributed by atoms with Gasteiger partial charge < -0.3 is 4.57 Å². The number of aromatic nitrogens is 2. The van der Waals surface area contributed by atoms with Gasteiger partial charge in [0.15, 0.2) is 0 Å². The van der Waals surface area contributed by atoms with Crippen LogP contribution < -0.4 is 0 Å². The second-order valence-electron chi connectivity index (χ2n) is 8.27. The highest BCUT2D eigenvalue weighted by Gasteiger charge is 2.29. The van der Waals surface area contributed by atoms with Crippen molar-refractivity contribution >= 4 is 16.8 Å². The van der Waals surface area contributed by atoms with Gasteiger partial charge in [-0.15, -0.1) is 0 Å². The van der Waals surface area contributed by atoms with Gasteiger partial charge in [0.25, 0.3) is 5.91 Å². The molecule has 30 heavy (non-hydrogen) atoms. The third kappa shape index (κ3) is 3.48. The van der Waals surface area contributed by atoms with Crippen molar-refractivity contribution in [1.82, 2.24) is 19.5 Å². The van der Waals surface area contributed by atoms with Gasteiger partial charge in [0.05, 0.1) is 18.3 Å². The van der Waals surface area contributed by atoms with Crippen LogP contribution in [0.5, 0.6) is 0 Å². The Morgan fingerprint density at radius 1 is 1.03 bits per heavy atom. The SMILES string of the molecule is O=C1c2ncc3c(c(CN4CCCCC4)cn3Cc3ccc(F)cc3)c2CCN1O. The number of benzene rings is 1. The number of hydroxylamine groups is 2. The highest BCUT2D eigenvalue weighted by atomic mass is 19.1. The summed E-state index contributed by atoms with van der Waals surface area (Å²) in [5, 5.41) is 11.7. The Labute approximate surface area is 174 Å². The van der Waals surface area contributed by atoms with Crippen molar-refractivity contribution in [1.29, 1.82) is 0 Å². The van der Waals surface area contributed by atoms with E-state index in [4.69, 9.17) is 0 Å². The van der Waals surface area contributed by atoms with Crippen molar-refractivity contribution in [3.05, 3.63) is 64.9 Å². The summed E-state index contributed by atoms with van der Waals surface area (Å²) in [4.78, 5) is 19.3. The van der Waals surface area contributed by atoms with Crippen LogP contribution in [0.25, 0.3) is 10.9 Å². The van der Waals surface area contributed by atoms with Gasteiger partial charge in [-0.25, -0.2) is 14.4 Å². The van der Waals surface area contributed by atoms with Gasteiger partial charge in [-0.1, -0.05) is 18.6 Å². The molecule has 1 N–H and O–H groups in total. The number of hydrogen-bond donors (Lipinski definition) is 1. The monoisotopic (exact) mass is 408 g/mol. The quantitative estimate of drug-likeness (QED) is 0.670. The van der Waals surface area contributed by atoms with E-state index >= 15 is 0 Å². The average molecular weight is 408 g/mol. The summed E-state index contributed by atoms with van der Waals surface area (Å²) < 4.78 is 15.5. The van der Waals surface area contributed by atoms with Crippen LogP contribution in [-0.2, 0) is 19.5 Å². The zero-order chi connectivity index (χ0) is 20.7. The van der Waals surface area contributed by atoms with E-state index in [1.807, 2.05) is 0 Å². The number of halogens is 1. The van der Waals surface area contributed by atoms with Crippen LogP contribution in [0.3, 0.4) is 0 Å². The van der Waals surface area contributed by atoms with Crippen molar-refractivity contribution in [3.63, 3.8) is 0 Å². The molecule has 0 atom stereocenters. The highest BCUT2D eigenvalue weighted by Crippen LogP contribution is 2.31. The maximum Gasteiger partial charge on any atom is 0.296 e. The van der Waals surface area contributed by atoms with Gasteiger partial charge in [0, 0.05) is 24.7 Å². The fraction of sp³-hybridized carbons (Fsp3) is 0.391. The average Bonchev–Trinajstić information content (AvgIpc) is 3.10. The fourth-order valence-electron chi connectivity index (χ4n) is 4.70. The number of rotatable bonds is 4. The zero-order valence-corrected chi connectivity index (χ0v) is 16.9. The summed E-state index contributed by atoms with van der Waals surface area (Å²) in [7, 11) is 0. The lowest BCUT2D eigenvalue weighted by atomic mass is 9.98. The lowest BCUT2D eigenvalue weighted by Gasteiger charge is -2.27. The molecule has 7 heteroatoms. The van der Waals surface area contributed by atoms with Gasteiger partial charge in [0.1, 0.15) is 11.5 Å². The Hall–Kier alpha value is -2.77. The molecule has 3 aromatic rings. The highest BCUT2D eigenvalue weighted by molar-refractivity contribution is 6.00. The largest absolute Gasteiger partial charge is 0.341 e. The summed E-state index contributed by atoms with van der Waals surface area (Å²) in [6.07, 6.45) is 8.17. The summed E-state index contributed by atoms with van der Waals surface area (Å²) >= 11 is 0. The minimum atomic E-state index is -0.437. The van der Waals surface area contributed by atoms with Crippen LogP contribution in [0.2, 0.25) is 0 Å². The predicted molar refractivity (Wildman–Crippen MR) is 111 cm³/mol. The zero-order valence-electron chi connectivity index (χ0n) is 16.9. The molecular formula is C23H25FN4O2. The molecule has 0 radical (unpaired) electrons. The first-order valence-corrected chi connectivity index (χ1v) is 10.6. The van der Waals surface area contributed by atoms with Gasteiger partial charge in [-0.05, 0) is 61.2 Å². The number of piperidine rings is 1. The van der Waals surface area contributed by atoms with Gasteiger partial charge >= 0.3 is 0 Å². The number of carbonyl (C=O) groups is 1. The van der Waals surface area contributed by atoms with Crippen molar-refractivity contribution in [2.45, 2.75) is 38.8 Å². The topological polar surface area (TPSA) is 61.6 Å². The van der Waals surface area contributed by atoms with E-state index in [0.29, 0.717) is 18.7 Å². The molecular weight excluding hydrogens is 383 g/mol. The van der Waals surface area contributed by atoms with Crippen LogP contribution in [0.15, 0.2) is 36.7 Å². The molecule has 2 aliphatic rings. The smallest absolute Gasteiger partial charge is 0.296 e. The molecule has 0 bridgehead atoms. The minimum Gasteiger partial charge on any atom is -0.341 e. The molecule has 2 aliphatic heterocycles. The lowest BCUT2D eigenvalue weighted by Crippen LogP contribution is -2.35. The van der Waals surface area contributed by atoms with Gasteiger partial charge in [-0.2, -0.15) is 0 Å². The van der Waals surface area contributed by atoms with E-state index < -0.39 is 5.91 Å². The number of amides is 1. The Kier molecular flexibility index (Phi) is 5.00. The molecule has 0 aliphatic carbocycles. The van der Waals surface area contributed by atoms with Crippen molar-refractivity contribution < 1.29 is 14.4 Å². The molecule has 1 amide bonds. The predicted octanol–water partition coefficient (Wildman–Crippen LogP) is 3.60. The number of nitrogens with zero attached hydrogens (tertiary/aromatic N) is 4. The van der Waals surface area contributed by atoms with Crippen molar-refractivity contribution in [2.24, 2.45) is 0 Å².